The second-order valence-corrected chi connectivity index (χ2v) is 8.81. The highest BCUT2D eigenvalue weighted by Crippen LogP contribution is 2.26. The van der Waals surface area contributed by atoms with Gasteiger partial charge < -0.3 is 10.5 Å². The quantitative estimate of drug-likeness (QED) is 0.737. The Balaban J connectivity index is 1.86. The minimum absolute atomic E-state index is 0.178. The summed E-state index contributed by atoms with van der Waals surface area (Å²) in [6, 6.07) is 0. The average molecular weight is 333 g/mol. The topological polar surface area (TPSA) is 75.9 Å². The molecule has 0 spiro atoms. The SMILES string of the molecule is CC1CC(C)CN(S(=O)(=O)N2CCC(OCCCN)CC2)C1. The van der Waals surface area contributed by atoms with Gasteiger partial charge in [0.05, 0.1) is 6.10 Å². The minimum atomic E-state index is -3.31. The molecule has 22 heavy (non-hydrogen) atoms. The smallest absolute Gasteiger partial charge is 0.281 e. The van der Waals surface area contributed by atoms with Crippen LogP contribution >= 0.6 is 0 Å². The molecule has 2 saturated heterocycles. The van der Waals surface area contributed by atoms with Crippen molar-refractivity contribution in [2.75, 3.05) is 39.3 Å². The first-order valence-electron chi connectivity index (χ1n) is 8.50. The molecular weight excluding hydrogens is 302 g/mol. The van der Waals surface area contributed by atoms with E-state index in [4.69, 9.17) is 10.5 Å². The van der Waals surface area contributed by atoms with Gasteiger partial charge in [0.25, 0.3) is 10.2 Å². The van der Waals surface area contributed by atoms with Crippen LogP contribution in [0.25, 0.3) is 0 Å². The van der Waals surface area contributed by atoms with E-state index in [9.17, 15) is 8.42 Å². The van der Waals surface area contributed by atoms with Crippen molar-refractivity contribution in [2.45, 2.75) is 45.6 Å². The molecule has 0 saturated carbocycles. The van der Waals surface area contributed by atoms with Gasteiger partial charge in [-0.15, -0.1) is 0 Å². The molecule has 0 radical (unpaired) electrons. The van der Waals surface area contributed by atoms with Gasteiger partial charge in [-0.2, -0.15) is 17.0 Å². The molecule has 2 heterocycles. The fourth-order valence-electron chi connectivity index (χ4n) is 3.52. The van der Waals surface area contributed by atoms with Crippen molar-refractivity contribution in [3.8, 4) is 0 Å². The third kappa shape index (κ3) is 4.64. The molecule has 6 nitrogen and oxygen atoms in total. The van der Waals surface area contributed by atoms with Crippen LogP contribution in [0, 0.1) is 11.8 Å². The first-order valence-corrected chi connectivity index (χ1v) is 9.90. The van der Waals surface area contributed by atoms with Crippen molar-refractivity contribution in [3.05, 3.63) is 0 Å². The van der Waals surface area contributed by atoms with Crippen molar-refractivity contribution in [3.63, 3.8) is 0 Å². The van der Waals surface area contributed by atoms with E-state index >= 15 is 0 Å². The summed E-state index contributed by atoms with van der Waals surface area (Å²) in [4.78, 5) is 0. The molecule has 0 aromatic heterocycles. The lowest BCUT2D eigenvalue weighted by atomic mass is 9.94. The Morgan fingerprint density at radius 1 is 1.09 bits per heavy atom. The zero-order valence-electron chi connectivity index (χ0n) is 13.9. The largest absolute Gasteiger partial charge is 0.378 e. The normalized spacial score (nSPS) is 29.8. The highest BCUT2D eigenvalue weighted by atomic mass is 32.2. The number of ether oxygens (including phenoxy) is 1. The zero-order valence-corrected chi connectivity index (χ0v) is 14.7. The van der Waals surface area contributed by atoms with Crippen molar-refractivity contribution < 1.29 is 13.2 Å². The van der Waals surface area contributed by atoms with Crippen molar-refractivity contribution in [1.82, 2.24) is 8.61 Å². The average Bonchev–Trinajstić information content (AvgIpc) is 2.47. The van der Waals surface area contributed by atoms with Gasteiger partial charge in [-0.3, -0.25) is 0 Å². The van der Waals surface area contributed by atoms with Gasteiger partial charge in [-0.05, 0) is 44.1 Å². The Morgan fingerprint density at radius 2 is 1.68 bits per heavy atom. The van der Waals surface area contributed by atoms with Crippen molar-refractivity contribution in [1.29, 1.82) is 0 Å². The molecule has 2 aliphatic rings. The van der Waals surface area contributed by atoms with Crippen molar-refractivity contribution >= 4 is 10.2 Å². The second kappa shape index (κ2) is 8.06. The number of nitrogens with two attached hydrogens (primary N) is 1. The lowest BCUT2D eigenvalue weighted by Crippen LogP contribution is -2.52. The minimum Gasteiger partial charge on any atom is -0.378 e. The van der Waals surface area contributed by atoms with Crippen LogP contribution in [-0.2, 0) is 14.9 Å². The Bertz CT molecular complexity index is 425. The maximum Gasteiger partial charge on any atom is 0.281 e. The third-order valence-corrected chi connectivity index (χ3v) is 6.56. The molecule has 2 rings (SSSR count). The third-order valence-electron chi connectivity index (χ3n) is 4.59. The summed E-state index contributed by atoms with van der Waals surface area (Å²) in [6.45, 7) is 8.02. The first-order chi connectivity index (χ1) is 10.4. The van der Waals surface area contributed by atoms with Gasteiger partial charge >= 0.3 is 0 Å². The molecule has 2 unspecified atom stereocenters. The number of hydrogen-bond acceptors (Lipinski definition) is 4. The van der Waals surface area contributed by atoms with E-state index in [-0.39, 0.29) is 6.10 Å². The van der Waals surface area contributed by atoms with Crippen LogP contribution in [0.1, 0.15) is 39.5 Å². The highest BCUT2D eigenvalue weighted by Gasteiger charge is 2.36. The van der Waals surface area contributed by atoms with E-state index in [2.05, 4.69) is 13.8 Å². The van der Waals surface area contributed by atoms with E-state index in [0.29, 0.717) is 51.2 Å². The van der Waals surface area contributed by atoms with Crippen LogP contribution in [0.3, 0.4) is 0 Å². The predicted molar refractivity (Wildman–Crippen MR) is 87.7 cm³/mol. The lowest BCUT2D eigenvalue weighted by molar-refractivity contribution is 0.0197. The number of hydrogen-bond donors (Lipinski definition) is 1. The summed E-state index contributed by atoms with van der Waals surface area (Å²) in [5.41, 5.74) is 5.46. The van der Waals surface area contributed by atoms with Crippen LogP contribution < -0.4 is 5.73 Å². The van der Waals surface area contributed by atoms with E-state index in [1.165, 1.54) is 0 Å². The first kappa shape index (κ1) is 18.1. The summed E-state index contributed by atoms with van der Waals surface area (Å²) >= 11 is 0. The Morgan fingerprint density at radius 3 is 2.23 bits per heavy atom. The van der Waals surface area contributed by atoms with Gasteiger partial charge in [0.1, 0.15) is 0 Å². The number of piperidine rings is 2. The fourth-order valence-corrected chi connectivity index (χ4v) is 5.40. The summed E-state index contributed by atoms with van der Waals surface area (Å²) < 4.78 is 34.7. The molecule has 0 aromatic carbocycles. The molecule has 0 aromatic rings. The number of nitrogens with zero attached hydrogens (tertiary/aromatic N) is 2. The Labute approximate surface area is 135 Å². The summed E-state index contributed by atoms with van der Waals surface area (Å²) in [5, 5.41) is 0. The van der Waals surface area contributed by atoms with Crippen LogP contribution in [-0.4, -0.2) is 62.5 Å². The molecule has 0 amide bonds. The molecule has 130 valence electrons. The molecular formula is C15H31N3O3S. The molecule has 2 fully saturated rings. The number of rotatable bonds is 6. The monoisotopic (exact) mass is 333 g/mol. The van der Waals surface area contributed by atoms with E-state index < -0.39 is 10.2 Å². The van der Waals surface area contributed by atoms with Crippen LogP contribution in [0.15, 0.2) is 0 Å². The Kier molecular flexibility index (Phi) is 6.64. The summed E-state index contributed by atoms with van der Waals surface area (Å²) in [7, 11) is -3.31. The zero-order chi connectivity index (χ0) is 16.2. The van der Waals surface area contributed by atoms with Gasteiger partial charge in [0.15, 0.2) is 0 Å². The molecule has 2 atom stereocenters. The molecule has 0 aliphatic carbocycles. The van der Waals surface area contributed by atoms with Crippen LogP contribution in [0.5, 0.6) is 0 Å². The highest BCUT2D eigenvalue weighted by molar-refractivity contribution is 7.86. The Hall–Kier alpha value is -0.210. The maximum absolute atomic E-state index is 12.8. The van der Waals surface area contributed by atoms with Crippen LogP contribution in [0.2, 0.25) is 0 Å². The van der Waals surface area contributed by atoms with Gasteiger partial charge in [-0.1, -0.05) is 13.8 Å². The molecule has 0 bridgehead atoms. The fraction of sp³-hybridized carbons (Fsp3) is 1.00. The van der Waals surface area contributed by atoms with Gasteiger partial charge in [0, 0.05) is 32.8 Å². The van der Waals surface area contributed by atoms with Gasteiger partial charge in [0.2, 0.25) is 0 Å². The lowest BCUT2D eigenvalue weighted by Gasteiger charge is -2.39. The van der Waals surface area contributed by atoms with E-state index in [1.54, 1.807) is 8.61 Å². The standard InChI is InChI=1S/C15H31N3O3S/c1-13-10-14(2)12-18(11-13)22(19,20)17-7-4-15(5-8-17)21-9-3-6-16/h13-15H,3-12,16H2,1-2H3. The second-order valence-electron chi connectivity index (χ2n) is 6.88. The molecule has 7 heteroatoms. The van der Waals surface area contributed by atoms with E-state index in [1.807, 2.05) is 0 Å². The maximum atomic E-state index is 12.8. The van der Waals surface area contributed by atoms with Crippen molar-refractivity contribution in [2.24, 2.45) is 17.6 Å². The summed E-state index contributed by atoms with van der Waals surface area (Å²) in [6.07, 6.45) is 3.72. The molecule has 2 aliphatic heterocycles. The van der Waals surface area contributed by atoms with E-state index in [0.717, 1.165) is 25.7 Å². The van der Waals surface area contributed by atoms with Gasteiger partial charge in [-0.25, -0.2) is 0 Å². The predicted octanol–water partition coefficient (Wildman–Crippen LogP) is 1.04. The van der Waals surface area contributed by atoms with Crippen LogP contribution in [0.4, 0.5) is 0 Å². The summed E-state index contributed by atoms with van der Waals surface area (Å²) in [5.74, 6) is 0.881. The molecule has 2 N–H and O–H groups in total.